The van der Waals surface area contributed by atoms with Crippen molar-refractivity contribution in [3.63, 3.8) is 0 Å². The lowest BCUT2D eigenvalue weighted by Crippen LogP contribution is -2.55. The molecule has 0 aliphatic rings. The van der Waals surface area contributed by atoms with Crippen LogP contribution in [-0.2, 0) is 0 Å². The Morgan fingerprint density at radius 1 is 0.474 bits per heavy atom. The monoisotopic (exact) mass is 485 g/mol. The maximum Gasteiger partial charge on any atom is 0.139 e. The van der Waals surface area contributed by atoms with Gasteiger partial charge in [-0.3, -0.25) is 0 Å². The molecule has 0 aliphatic carbocycles. The molecule has 2 aromatic heterocycles. The molecule has 176 valence electrons. The molecule has 0 saturated heterocycles. The van der Waals surface area contributed by atoms with E-state index in [0.717, 1.165) is 55.3 Å². The van der Waals surface area contributed by atoms with Gasteiger partial charge < -0.3 is 14.2 Å². The molecule has 0 unspecified atom stereocenters. The van der Waals surface area contributed by atoms with Crippen LogP contribution in [0.5, 0.6) is 0 Å². The van der Waals surface area contributed by atoms with Crippen molar-refractivity contribution >= 4 is 122 Å². The lowest BCUT2D eigenvalue weighted by atomic mass is 9.59. The Morgan fingerprint density at radius 3 is 1.66 bits per heavy atom. The van der Waals surface area contributed by atoms with Crippen molar-refractivity contribution in [2.75, 3.05) is 5.32 Å². The molecule has 0 fully saturated rings. The molecule has 7 aromatic rings. The smallest absolute Gasteiger partial charge is 0.139 e. The van der Waals surface area contributed by atoms with Crippen LogP contribution in [0.25, 0.3) is 55.0 Å². The normalized spacial score (nSPS) is 11.7. The summed E-state index contributed by atoms with van der Waals surface area (Å²) in [6.07, 6.45) is 0. The number of furan rings is 2. The number of nitrogens with one attached hydrogen (secondary N) is 1. The molecule has 0 amide bonds. The second-order valence-electron chi connectivity index (χ2n) is 10.4. The summed E-state index contributed by atoms with van der Waals surface area (Å²) in [5.41, 5.74) is 14.9. The molecule has 1 N–H and O–H groups in total. The van der Waals surface area contributed by atoms with E-state index in [-0.39, 0.29) is 0 Å². The third-order valence-electron chi connectivity index (χ3n) is 8.46. The minimum atomic E-state index is 0.871. The van der Waals surface area contributed by atoms with E-state index < -0.39 is 0 Å². The van der Waals surface area contributed by atoms with Crippen molar-refractivity contribution in [2.24, 2.45) is 0 Å². The zero-order valence-electron chi connectivity index (χ0n) is 22.3. The van der Waals surface area contributed by atoms with Gasteiger partial charge in [0.1, 0.15) is 61.6 Å². The molecule has 5 aromatic carbocycles. The van der Waals surface area contributed by atoms with Crippen molar-refractivity contribution in [3.8, 4) is 11.1 Å². The number of anilines is 2. The highest BCUT2D eigenvalue weighted by Crippen LogP contribution is 2.40. The van der Waals surface area contributed by atoms with Gasteiger partial charge in [-0.1, -0.05) is 47.3 Å². The average molecular weight is 485 g/mol. The van der Waals surface area contributed by atoms with Gasteiger partial charge >= 0.3 is 0 Å². The Bertz CT molecular complexity index is 2050. The minimum absolute atomic E-state index is 0.871. The average Bonchev–Trinajstić information content (AvgIpc) is 3.50. The van der Waals surface area contributed by atoms with Crippen LogP contribution in [0.3, 0.4) is 0 Å². The highest BCUT2D eigenvalue weighted by molar-refractivity contribution is 6.68. The molecule has 38 heavy (non-hydrogen) atoms. The molecule has 0 bridgehead atoms. The number of fused-ring (bicyclic) bond motifs is 6. The molecule has 2 heterocycles. The van der Waals surface area contributed by atoms with Crippen LogP contribution in [-0.4, -0.2) is 39.2 Å². The van der Waals surface area contributed by atoms with E-state index in [2.05, 4.69) is 87.0 Å². The topological polar surface area (TPSA) is 38.3 Å². The van der Waals surface area contributed by atoms with Gasteiger partial charge in [-0.05, 0) is 53.6 Å². The Morgan fingerprint density at radius 2 is 1.00 bits per heavy atom. The summed E-state index contributed by atoms with van der Waals surface area (Å²) in [5.74, 6) is 0. The minimum Gasteiger partial charge on any atom is -0.456 e. The van der Waals surface area contributed by atoms with E-state index in [9.17, 15) is 0 Å². The van der Waals surface area contributed by atoms with Gasteiger partial charge in [0.2, 0.25) is 0 Å². The summed E-state index contributed by atoms with van der Waals surface area (Å²) in [5, 5.41) is 8.13. The zero-order valence-corrected chi connectivity index (χ0v) is 22.3. The predicted molar refractivity (Wildman–Crippen MR) is 177 cm³/mol. The van der Waals surface area contributed by atoms with Crippen LogP contribution in [0, 0.1) is 0 Å². The maximum atomic E-state index is 6.33. The highest BCUT2D eigenvalue weighted by atomic mass is 16.3. The first-order valence-electron chi connectivity index (χ1n) is 13.1. The van der Waals surface area contributed by atoms with Gasteiger partial charge in [0.05, 0.1) is 22.1 Å². The van der Waals surface area contributed by atoms with E-state index in [1.807, 2.05) is 36.4 Å². The number of benzene rings is 5. The molecule has 0 atom stereocenters. The zero-order chi connectivity index (χ0) is 26.1. The van der Waals surface area contributed by atoms with Gasteiger partial charge in [0.15, 0.2) is 0 Å². The van der Waals surface area contributed by atoms with Crippen LogP contribution in [0.15, 0.2) is 87.7 Å². The van der Waals surface area contributed by atoms with Crippen LogP contribution in [0.2, 0.25) is 0 Å². The lowest BCUT2D eigenvalue weighted by molar-refractivity contribution is 0.669. The molecule has 0 spiro atoms. The summed E-state index contributed by atoms with van der Waals surface area (Å²) in [6.45, 7) is 0. The first-order valence-corrected chi connectivity index (χ1v) is 13.1. The first kappa shape index (κ1) is 23.0. The van der Waals surface area contributed by atoms with Crippen molar-refractivity contribution in [3.05, 3.63) is 78.9 Å². The van der Waals surface area contributed by atoms with Crippen LogP contribution < -0.4 is 32.6 Å². The van der Waals surface area contributed by atoms with Gasteiger partial charge in [0, 0.05) is 10.8 Å². The molecule has 0 aliphatic heterocycles. The maximum absolute atomic E-state index is 6.33. The Balaban J connectivity index is 1.45. The van der Waals surface area contributed by atoms with Gasteiger partial charge in [-0.2, -0.15) is 0 Å². The van der Waals surface area contributed by atoms with Crippen LogP contribution >= 0.6 is 0 Å². The van der Waals surface area contributed by atoms with Crippen molar-refractivity contribution < 1.29 is 8.83 Å². The number of hydrogen-bond acceptors (Lipinski definition) is 3. The highest BCUT2D eigenvalue weighted by Gasteiger charge is 2.18. The summed E-state index contributed by atoms with van der Waals surface area (Å²) in [4.78, 5) is 0. The standard InChI is InChI=1S/C30H24B5NO2/c31-26-23(27(32)29(34)30(35)28(26)33)14-11-12-20-16(13-14)25-18(7-4-10-22(25)38-20)36-17-6-3-9-21-24(17)15-5-1-2-8-19(15)37-21/h1-13,36H,31-35H2. The molecule has 0 saturated carbocycles. The fraction of sp³-hybridized carbons (Fsp3) is 0. The predicted octanol–water partition coefficient (Wildman–Crippen LogP) is 0.188. The third kappa shape index (κ3) is 3.29. The van der Waals surface area contributed by atoms with E-state index in [4.69, 9.17) is 8.83 Å². The quantitative estimate of drug-likeness (QED) is 0.364. The molecule has 7 rings (SSSR count). The number of hydrogen-bond donors (Lipinski definition) is 1. The van der Waals surface area contributed by atoms with E-state index >= 15 is 0 Å². The second-order valence-corrected chi connectivity index (χ2v) is 10.4. The van der Waals surface area contributed by atoms with E-state index in [0.29, 0.717) is 0 Å². The molecule has 8 heteroatoms. The fourth-order valence-corrected chi connectivity index (χ4v) is 6.04. The first-order chi connectivity index (χ1) is 18.4. The largest absolute Gasteiger partial charge is 0.456 e. The van der Waals surface area contributed by atoms with E-state index in [1.165, 1.54) is 38.4 Å². The van der Waals surface area contributed by atoms with E-state index in [1.54, 1.807) is 0 Å². The fourth-order valence-electron chi connectivity index (χ4n) is 6.04. The number of rotatable bonds is 3. The summed E-state index contributed by atoms with van der Waals surface area (Å²) >= 11 is 0. The molecular formula is C30H24B5NO2. The lowest BCUT2D eigenvalue weighted by Gasteiger charge is -2.20. The molecular weight excluding hydrogens is 460 g/mol. The second kappa shape index (κ2) is 8.42. The van der Waals surface area contributed by atoms with Gasteiger partial charge in [0.25, 0.3) is 0 Å². The Kier molecular flexibility index (Phi) is 5.09. The SMILES string of the molecule is Bc1c(B)c(B)c(-c2ccc3oc4cccc(Nc5cccc6oc7ccccc7c56)c4c3c2)c(B)c1B. The third-order valence-corrected chi connectivity index (χ3v) is 8.46. The van der Waals surface area contributed by atoms with Crippen molar-refractivity contribution in [1.29, 1.82) is 0 Å². The van der Waals surface area contributed by atoms with Gasteiger partial charge in [-0.25, -0.2) is 0 Å². The number of para-hydroxylation sites is 1. The Labute approximate surface area is 225 Å². The summed E-state index contributed by atoms with van der Waals surface area (Å²) < 4.78 is 12.5. The summed E-state index contributed by atoms with van der Waals surface area (Å²) in [7, 11) is 11.2. The molecule has 3 nitrogen and oxygen atoms in total. The Hall–Kier alpha value is -4.18. The van der Waals surface area contributed by atoms with Crippen molar-refractivity contribution in [2.45, 2.75) is 0 Å². The van der Waals surface area contributed by atoms with Crippen LogP contribution in [0.4, 0.5) is 11.4 Å². The summed E-state index contributed by atoms with van der Waals surface area (Å²) in [6, 6.07) is 27.2. The van der Waals surface area contributed by atoms with Crippen LogP contribution in [0.1, 0.15) is 0 Å². The van der Waals surface area contributed by atoms with Gasteiger partial charge in [-0.15, -0.1) is 16.4 Å². The molecule has 0 radical (unpaired) electrons. The van der Waals surface area contributed by atoms with Crippen molar-refractivity contribution in [1.82, 2.24) is 0 Å².